The van der Waals surface area contributed by atoms with Gasteiger partial charge in [0.1, 0.15) is 5.82 Å². The zero-order valence-corrected chi connectivity index (χ0v) is 15.0. The molecule has 6 nitrogen and oxygen atoms in total. The number of benzene rings is 1. The van der Waals surface area contributed by atoms with Gasteiger partial charge in [-0.05, 0) is 24.8 Å². The molecule has 0 bridgehead atoms. The minimum absolute atomic E-state index is 0.0300. The molecule has 1 saturated heterocycles. The molecule has 26 heavy (non-hydrogen) atoms. The number of nitrogens with one attached hydrogen (secondary N) is 1. The van der Waals surface area contributed by atoms with Crippen LogP contribution >= 0.6 is 0 Å². The van der Waals surface area contributed by atoms with E-state index >= 15 is 0 Å². The minimum Gasteiger partial charge on any atom is -0.331 e. The zero-order valence-electron chi connectivity index (χ0n) is 15.0. The van der Waals surface area contributed by atoms with Crippen LogP contribution in [0.3, 0.4) is 0 Å². The maximum absolute atomic E-state index is 13.0. The lowest BCUT2D eigenvalue weighted by molar-refractivity contribution is -0.0794. The van der Waals surface area contributed by atoms with Gasteiger partial charge in [0.05, 0.1) is 12.1 Å². The van der Waals surface area contributed by atoms with Gasteiger partial charge in [0.15, 0.2) is 5.82 Å². The summed E-state index contributed by atoms with van der Waals surface area (Å²) in [5, 5.41) is 11.6. The summed E-state index contributed by atoms with van der Waals surface area (Å²) in [6, 6.07) is 10.6. The Hall–Kier alpha value is -2.37. The lowest BCUT2D eigenvalue weighted by Crippen LogP contribution is -2.69. The van der Waals surface area contributed by atoms with Crippen LogP contribution in [0, 0.1) is 5.92 Å². The van der Waals surface area contributed by atoms with E-state index in [1.807, 2.05) is 6.07 Å². The van der Waals surface area contributed by atoms with Gasteiger partial charge < -0.3 is 14.8 Å². The monoisotopic (exact) mass is 351 g/mol. The molecule has 1 N–H and O–H groups in total. The van der Waals surface area contributed by atoms with E-state index in [9.17, 15) is 4.79 Å². The van der Waals surface area contributed by atoms with Crippen molar-refractivity contribution in [3.8, 4) is 0 Å². The standard InChI is InChI=1S/C20H25N5O/c26-19(21-13-18-23-22-17-10-6-12-24(17)18)25-14-16-9-4-5-11-20(16,25)15-7-2-1-3-8-15/h1-3,7-8,16H,4-6,9-14H2,(H,21,26)/t16-,20+/m0/s1. The molecule has 2 aromatic rings. The van der Waals surface area contributed by atoms with Gasteiger partial charge in [-0.3, -0.25) is 0 Å². The second-order valence-corrected chi connectivity index (χ2v) is 7.79. The molecule has 3 heterocycles. The Labute approximate surface area is 153 Å². The third-order valence-electron chi connectivity index (χ3n) is 6.52. The molecule has 136 valence electrons. The van der Waals surface area contributed by atoms with E-state index in [4.69, 9.17) is 0 Å². The number of hydrogen-bond donors (Lipinski definition) is 1. The van der Waals surface area contributed by atoms with Crippen molar-refractivity contribution in [1.29, 1.82) is 0 Å². The highest BCUT2D eigenvalue weighted by molar-refractivity contribution is 5.77. The number of amides is 2. The molecule has 2 aliphatic heterocycles. The van der Waals surface area contributed by atoms with Gasteiger partial charge in [0, 0.05) is 25.4 Å². The number of hydrogen-bond acceptors (Lipinski definition) is 3. The Kier molecular flexibility index (Phi) is 3.72. The lowest BCUT2D eigenvalue weighted by Gasteiger charge is -2.61. The van der Waals surface area contributed by atoms with Crippen LogP contribution in [-0.4, -0.2) is 32.2 Å². The topological polar surface area (TPSA) is 63.1 Å². The number of aryl methyl sites for hydroxylation is 1. The highest BCUT2D eigenvalue weighted by atomic mass is 16.2. The molecule has 2 fully saturated rings. The van der Waals surface area contributed by atoms with Crippen LogP contribution in [0.15, 0.2) is 30.3 Å². The average molecular weight is 351 g/mol. The maximum atomic E-state index is 13.0. The minimum atomic E-state index is -0.115. The number of rotatable bonds is 3. The Morgan fingerprint density at radius 3 is 2.92 bits per heavy atom. The number of likely N-dealkylation sites (tertiary alicyclic amines) is 1. The number of carbonyl (C=O) groups excluding carboxylic acids is 1. The third kappa shape index (κ3) is 2.27. The average Bonchev–Trinajstić information content (AvgIpc) is 3.26. The van der Waals surface area contributed by atoms with Crippen molar-refractivity contribution in [3.63, 3.8) is 0 Å². The summed E-state index contributed by atoms with van der Waals surface area (Å²) < 4.78 is 2.15. The van der Waals surface area contributed by atoms with Crippen LogP contribution in [-0.2, 0) is 25.0 Å². The van der Waals surface area contributed by atoms with Gasteiger partial charge in [-0.15, -0.1) is 10.2 Å². The fourth-order valence-electron chi connectivity index (χ4n) is 5.22. The Morgan fingerprint density at radius 1 is 1.19 bits per heavy atom. The molecular weight excluding hydrogens is 326 g/mol. The molecule has 2 atom stereocenters. The third-order valence-corrected chi connectivity index (χ3v) is 6.52. The van der Waals surface area contributed by atoms with Crippen molar-refractivity contribution >= 4 is 6.03 Å². The van der Waals surface area contributed by atoms with Gasteiger partial charge in [-0.2, -0.15) is 0 Å². The summed E-state index contributed by atoms with van der Waals surface area (Å²) in [5.74, 6) is 2.51. The largest absolute Gasteiger partial charge is 0.331 e. The molecule has 0 unspecified atom stereocenters. The van der Waals surface area contributed by atoms with Crippen LogP contribution in [0.2, 0.25) is 0 Å². The summed E-state index contributed by atoms with van der Waals surface area (Å²) in [6.07, 6.45) is 6.86. The second-order valence-electron chi connectivity index (χ2n) is 7.79. The molecule has 1 aliphatic carbocycles. The van der Waals surface area contributed by atoms with Crippen molar-refractivity contribution in [3.05, 3.63) is 47.5 Å². The Morgan fingerprint density at radius 2 is 2.08 bits per heavy atom. The SMILES string of the molecule is O=C(NCc1nnc2n1CCC2)N1C[C@@H]2CCCC[C@@]21c1ccccc1. The smallest absolute Gasteiger partial charge is 0.318 e. The number of fused-ring (bicyclic) bond motifs is 2. The summed E-state index contributed by atoms with van der Waals surface area (Å²) in [6.45, 7) is 2.28. The molecular formula is C20H25N5O. The number of aromatic nitrogens is 3. The summed E-state index contributed by atoms with van der Waals surface area (Å²) in [7, 11) is 0. The first-order valence-electron chi connectivity index (χ1n) is 9.81. The molecule has 1 aromatic heterocycles. The summed E-state index contributed by atoms with van der Waals surface area (Å²) >= 11 is 0. The predicted octanol–water partition coefficient (Wildman–Crippen LogP) is 2.84. The van der Waals surface area contributed by atoms with Crippen LogP contribution < -0.4 is 5.32 Å². The highest BCUT2D eigenvalue weighted by Crippen LogP contribution is 2.53. The fourth-order valence-corrected chi connectivity index (χ4v) is 5.22. The van der Waals surface area contributed by atoms with E-state index in [-0.39, 0.29) is 11.6 Å². The van der Waals surface area contributed by atoms with E-state index in [0.29, 0.717) is 12.5 Å². The summed E-state index contributed by atoms with van der Waals surface area (Å²) in [5.41, 5.74) is 1.17. The zero-order chi connectivity index (χ0) is 17.6. The van der Waals surface area contributed by atoms with Gasteiger partial charge in [-0.1, -0.05) is 43.2 Å². The molecule has 0 radical (unpaired) electrons. The Balaban J connectivity index is 1.34. The van der Waals surface area contributed by atoms with E-state index < -0.39 is 0 Å². The first kappa shape index (κ1) is 15.9. The van der Waals surface area contributed by atoms with Crippen LogP contribution in [0.25, 0.3) is 0 Å². The van der Waals surface area contributed by atoms with Crippen molar-refractivity contribution in [2.45, 2.75) is 57.2 Å². The van der Waals surface area contributed by atoms with E-state index in [2.05, 4.69) is 49.2 Å². The van der Waals surface area contributed by atoms with Crippen molar-refractivity contribution < 1.29 is 4.79 Å². The van der Waals surface area contributed by atoms with Gasteiger partial charge in [-0.25, -0.2) is 4.79 Å². The van der Waals surface area contributed by atoms with Crippen LogP contribution in [0.1, 0.15) is 49.3 Å². The van der Waals surface area contributed by atoms with Crippen molar-refractivity contribution in [1.82, 2.24) is 25.0 Å². The van der Waals surface area contributed by atoms with Crippen molar-refractivity contribution in [2.24, 2.45) is 5.92 Å². The Bertz CT molecular complexity index is 817. The van der Waals surface area contributed by atoms with E-state index in [0.717, 1.165) is 44.0 Å². The first-order valence-corrected chi connectivity index (χ1v) is 9.81. The molecule has 5 rings (SSSR count). The van der Waals surface area contributed by atoms with E-state index in [1.54, 1.807) is 0 Å². The quantitative estimate of drug-likeness (QED) is 0.925. The first-order chi connectivity index (χ1) is 12.8. The highest BCUT2D eigenvalue weighted by Gasteiger charge is 2.57. The summed E-state index contributed by atoms with van der Waals surface area (Å²) in [4.78, 5) is 15.1. The van der Waals surface area contributed by atoms with Gasteiger partial charge >= 0.3 is 6.03 Å². The van der Waals surface area contributed by atoms with Crippen molar-refractivity contribution in [2.75, 3.05) is 6.54 Å². The fraction of sp³-hybridized carbons (Fsp3) is 0.550. The van der Waals surface area contributed by atoms with Gasteiger partial charge in [0.25, 0.3) is 0 Å². The molecule has 2 amide bonds. The van der Waals surface area contributed by atoms with Crippen LogP contribution in [0.5, 0.6) is 0 Å². The molecule has 3 aliphatic rings. The molecule has 1 saturated carbocycles. The second kappa shape index (κ2) is 6.11. The van der Waals surface area contributed by atoms with E-state index in [1.165, 1.54) is 24.8 Å². The number of urea groups is 1. The normalized spacial score (nSPS) is 26.8. The molecule has 6 heteroatoms. The maximum Gasteiger partial charge on any atom is 0.318 e. The number of nitrogens with zero attached hydrogens (tertiary/aromatic N) is 4. The van der Waals surface area contributed by atoms with Gasteiger partial charge in [0.2, 0.25) is 0 Å². The van der Waals surface area contributed by atoms with Crippen LogP contribution in [0.4, 0.5) is 4.79 Å². The molecule has 0 spiro atoms. The molecule has 1 aromatic carbocycles. The lowest BCUT2D eigenvalue weighted by atomic mass is 9.62. The number of carbonyl (C=O) groups is 1. The predicted molar refractivity (Wildman–Crippen MR) is 97.4 cm³/mol.